The fraction of sp³-hybridized carbons (Fsp3) is 0.385. The average Bonchev–Trinajstić information content (AvgIpc) is 2.75. The van der Waals surface area contributed by atoms with Crippen molar-refractivity contribution in [1.82, 2.24) is 10.1 Å². The Balaban J connectivity index is 1.90. The lowest BCUT2D eigenvalue weighted by Crippen LogP contribution is -2.09. The molecule has 0 unspecified atom stereocenters. The molecule has 0 aliphatic carbocycles. The van der Waals surface area contributed by atoms with E-state index in [1.807, 2.05) is 13.8 Å². The molecule has 4 nitrogen and oxygen atoms in total. The van der Waals surface area contributed by atoms with Gasteiger partial charge in [0.15, 0.2) is 5.82 Å². The van der Waals surface area contributed by atoms with E-state index in [0.717, 1.165) is 0 Å². The van der Waals surface area contributed by atoms with Crippen LogP contribution < -0.4 is 5.32 Å². The topological polar surface area (TPSA) is 51.0 Å². The van der Waals surface area contributed by atoms with Gasteiger partial charge in [-0.2, -0.15) is 4.98 Å². The maximum Gasteiger partial charge on any atom is 0.321 e. The van der Waals surface area contributed by atoms with E-state index >= 15 is 0 Å². The predicted octanol–water partition coefficient (Wildman–Crippen LogP) is 3.49. The first-order valence-electron chi connectivity index (χ1n) is 5.92. The van der Waals surface area contributed by atoms with Crippen molar-refractivity contribution in [3.8, 4) is 0 Å². The van der Waals surface area contributed by atoms with Crippen LogP contribution in [0.4, 0.5) is 6.01 Å². The highest BCUT2D eigenvalue weighted by molar-refractivity contribution is 7.98. The molecule has 2 aromatic rings. The second kappa shape index (κ2) is 5.91. The highest BCUT2D eigenvalue weighted by Crippen LogP contribution is 2.22. The molecule has 0 spiro atoms. The second-order valence-electron chi connectivity index (χ2n) is 4.42. The summed E-state index contributed by atoms with van der Waals surface area (Å²) in [6.45, 7) is 6.15. The SMILES string of the molecule is Cc1ccc(SCc2noc(NC(C)C)n2)cc1. The number of benzene rings is 1. The minimum absolute atomic E-state index is 0.294. The third-order valence-electron chi connectivity index (χ3n) is 2.27. The van der Waals surface area contributed by atoms with Crippen LogP contribution in [0.5, 0.6) is 0 Å². The lowest BCUT2D eigenvalue weighted by molar-refractivity contribution is 0.422. The normalized spacial score (nSPS) is 10.9. The van der Waals surface area contributed by atoms with Gasteiger partial charge in [0, 0.05) is 10.9 Å². The van der Waals surface area contributed by atoms with Crippen LogP contribution in [0.2, 0.25) is 0 Å². The third-order valence-corrected chi connectivity index (χ3v) is 3.28. The summed E-state index contributed by atoms with van der Waals surface area (Å²) in [5.41, 5.74) is 1.27. The smallest absolute Gasteiger partial charge is 0.321 e. The van der Waals surface area contributed by atoms with Gasteiger partial charge in [0.2, 0.25) is 0 Å². The molecule has 0 bridgehead atoms. The highest BCUT2D eigenvalue weighted by atomic mass is 32.2. The van der Waals surface area contributed by atoms with Gasteiger partial charge in [0.25, 0.3) is 0 Å². The molecule has 0 saturated carbocycles. The van der Waals surface area contributed by atoms with Crippen LogP contribution in [0.25, 0.3) is 0 Å². The quantitative estimate of drug-likeness (QED) is 0.837. The standard InChI is InChI=1S/C13H17N3OS/c1-9(2)14-13-15-12(16-17-13)8-18-11-6-4-10(3)5-7-11/h4-7,9H,8H2,1-3H3,(H,14,15,16). The molecule has 0 aliphatic rings. The summed E-state index contributed by atoms with van der Waals surface area (Å²) < 4.78 is 5.10. The number of nitrogens with zero attached hydrogens (tertiary/aromatic N) is 2. The van der Waals surface area contributed by atoms with Crippen molar-refractivity contribution in [2.45, 2.75) is 37.5 Å². The van der Waals surface area contributed by atoms with Crippen LogP contribution in [0, 0.1) is 6.92 Å². The first-order valence-corrected chi connectivity index (χ1v) is 6.90. The van der Waals surface area contributed by atoms with Gasteiger partial charge >= 0.3 is 6.01 Å². The monoisotopic (exact) mass is 263 g/mol. The van der Waals surface area contributed by atoms with Crippen molar-refractivity contribution in [1.29, 1.82) is 0 Å². The van der Waals surface area contributed by atoms with Gasteiger partial charge in [-0.1, -0.05) is 22.9 Å². The lowest BCUT2D eigenvalue weighted by atomic mass is 10.2. The number of thioether (sulfide) groups is 1. The van der Waals surface area contributed by atoms with Crippen molar-refractivity contribution in [2.75, 3.05) is 5.32 Å². The first-order chi connectivity index (χ1) is 8.63. The summed E-state index contributed by atoms with van der Waals surface area (Å²) >= 11 is 1.70. The van der Waals surface area contributed by atoms with Gasteiger partial charge in [-0.15, -0.1) is 11.8 Å². The van der Waals surface area contributed by atoms with E-state index in [1.165, 1.54) is 10.5 Å². The number of aryl methyl sites for hydroxylation is 1. The molecule has 5 heteroatoms. The van der Waals surface area contributed by atoms with Crippen LogP contribution in [0.1, 0.15) is 25.2 Å². The van der Waals surface area contributed by atoms with Gasteiger partial charge in [-0.25, -0.2) is 0 Å². The third kappa shape index (κ3) is 3.77. The van der Waals surface area contributed by atoms with Gasteiger partial charge in [0.05, 0.1) is 5.75 Å². The Bertz CT molecular complexity index is 493. The summed E-state index contributed by atoms with van der Waals surface area (Å²) in [4.78, 5) is 5.49. The second-order valence-corrected chi connectivity index (χ2v) is 5.47. The van der Waals surface area contributed by atoms with Crippen LogP contribution in [0.3, 0.4) is 0 Å². The number of nitrogens with one attached hydrogen (secondary N) is 1. The molecular formula is C13H17N3OS. The Kier molecular flexibility index (Phi) is 4.25. The van der Waals surface area contributed by atoms with Crippen LogP contribution >= 0.6 is 11.8 Å². The first kappa shape index (κ1) is 13.0. The molecular weight excluding hydrogens is 246 g/mol. The molecule has 0 saturated heterocycles. The Morgan fingerprint density at radius 1 is 1.28 bits per heavy atom. The molecule has 18 heavy (non-hydrogen) atoms. The summed E-state index contributed by atoms with van der Waals surface area (Å²) in [5.74, 6) is 1.43. The molecule has 1 heterocycles. The van der Waals surface area contributed by atoms with Crippen molar-refractivity contribution in [3.63, 3.8) is 0 Å². The van der Waals surface area contributed by atoms with E-state index in [2.05, 4.69) is 46.6 Å². The molecule has 96 valence electrons. The van der Waals surface area contributed by atoms with E-state index in [4.69, 9.17) is 4.52 Å². The molecule has 0 aliphatic heterocycles. The Morgan fingerprint density at radius 3 is 2.67 bits per heavy atom. The molecule has 0 amide bonds. The zero-order chi connectivity index (χ0) is 13.0. The van der Waals surface area contributed by atoms with Crippen LogP contribution in [0.15, 0.2) is 33.7 Å². The molecule has 1 N–H and O–H groups in total. The summed E-state index contributed by atoms with van der Waals surface area (Å²) in [7, 11) is 0. The number of anilines is 1. The minimum Gasteiger partial charge on any atom is -0.336 e. The van der Waals surface area contributed by atoms with E-state index < -0.39 is 0 Å². The van der Waals surface area contributed by atoms with E-state index in [9.17, 15) is 0 Å². The van der Waals surface area contributed by atoms with E-state index in [1.54, 1.807) is 11.8 Å². The Labute approximate surface area is 111 Å². The molecule has 2 rings (SSSR count). The van der Waals surface area contributed by atoms with Crippen molar-refractivity contribution < 1.29 is 4.52 Å². The van der Waals surface area contributed by atoms with Gasteiger partial charge < -0.3 is 9.84 Å². The van der Waals surface area contributed by atoms with Crippen LogP contribution in [-0.2, 0) is 5.75 Å². The Hall–Kier alpha value is -1.49. The number of aromatic nitrogens is 2. The zero-order valence-electron chi connectivity index (χ0n) is 10.8. The number of rotatable bonds is 5. The highest BCUT2D eigenvalue weighted by Gasteiger charge is 2.07. The zero-order valence-corrected chi connectivity index (χ0v) is 11.6. The largest absolute Gasteiger partial charge is 0.336 e. The summed E-state index contributed by atoms with van der Waals surface area (Å²) in [6, 6.07) is 9.20. The number of hydrogen-bond acceptors (Lipinski definition) is 5. The molecule has 0 fully saturated rings. The summed E-state index contributed by atoms with van der Waals surface area (Å²) in [5, 5.41) is 7.01. The van der Waals surface area contributed by atoms with Crippen molar-refractivity contribution in [3.05, 3.63) is 35.7 Å². The maximum atomic E-state index is 5.10. The fourth-order valence-corrected chi connectivity index (χ4v) is 2.14. The van der Waals surface area contributed by atoms with E-state index in [0.29, 0.717) is 23.6 Å². The summed E-state index contributed by atoms with van der Waals surface area (Å²) in [6.07, 6.45) is 0. The molecule has 0 atom stereocenters. The van der Waals surface area contributed by atoms with Crippen molar-refractivity contribution >= 4 is 17.8 Å². The van der Waals surface area contributed by atoms with Gasteiger partial charge in [0.1, 0.15) is 0 Å². The fourth-order valence-electron chi connectivity index (χ4n) is 1.40. The molecule has 1 aromatic heterocycles. The lowest BCUT2D eigenvalue weighted by Gasteiger charge is -2.01. The molecule has 1 aromatic carbocycles. The Morgan fingerprint density at radius 2 is 2.00 bits per heavy atom. The van der Waals surface area contributed by atoms with Gasteiger partial charge in [-0.3, -0.25) is 0 Å². The van der Waals surface area contributed by atoms with Gasteiger partial charge in [-0.05, 0) is 32.9 Å². The maximum absolute atomic E-state index is 5.10. The minimum atomic E-state index is 0.294. The predicted molar refractivity (Wildman–Crippen MR) is 73.8 cm³/mol. The van der Waals surface area contributed by atoms with Crippen molar-refractivity contribution in [2.24, 2.45) is 0 Å². The number of hydrogen-bond donors (Lipinski definition) is 1. The van der Waals surface area contributed by atoms with E-state index in [-0.39, 0.29) is 0 Å². The van der Waals surface area contributed by atoms with Crippen LogP contribution in [-0.4, -0.2) is 16.2 Å². The average molecular weight is 263 g/mol. The molecule has 0 radical (unpaired) electrons.